The van der Waals surface area contributed by atoms with Crippen LogP contribution in [0.25, 0.3) is 5.70 Å². The molecule has 0 saturated carbocycles. The number of allylic oxidation sites excluding steroid dienone is 2. The van der Waals surface area contributed by atoms with Crippen LogP contribution >= 0.6 is 0 Å². The number of likely N-dealkylation sites (N-methyl/N-ethyl adjacent to an activating group) is 1. The summed E-state index contributed by atoms with van der Waals surface area (Å²) in [7, 11) is 1.76. The zero-order valence-electron chi connectivity index (χ0n) is 28.8. The van der Waals surface area contributed by atoms with Crippen molar-refractivity contribution in [3.63, 3.8) is 0 Å². The van der Waals surface area contributed by atoms with Gasteiger partial charge in [-0.3, -0.25) is 9.98 Å². The number of rotatable bonds is 14. The van der Waals surface area contributed by atoms with Gasteiger partial charge in [0.2, 0.25) is 0 Å². The lowest BCUT2D eigenvalue weighted by Gasteiger charge is -2.35. The van der Waals surface area contributed by atoms with Crippen molar-refractivity contribution in [2.75, 3.05) is 31.6 Å². The number of nitrogens with one attached hydrogen (secondary N) is 1. The second-order valence-electron chi connectivity index (χ2n) is 13.4. The van der Waals surface area contributed by atoms with Gasteiger partial charge in [-0.2, -0.15) is 0 Å². The summed E-state index contributed by atoms with van der Waals surface area (Å²) in [6, 6.07) is 11.4. The highest BCUT2D eigenvalue weighted by Gasteiger charge is 2.42. The molecule has 1 fully saturated rings. The molecule has 0 aliphatic carbocycles. The van der Waals surface area contributed by atoms with Gasteiger partial charge in [-0.05, 0) is 101 Å². The minimum absolute atomic E-state index is 0.0747. The van der Waals surface area contributed by atoms with Crippen LogP contribution in [0.5, 0.6) is 0 Å². The van der Waals surface area contributed by atoms with Crippen molar-refractivity contribution < 1.29 is 4.74 Å². The van der Waals surface area contributed by atoms with Gasteiger partial charge in [-0.25, -0.2) is 5.43 Å². The molecule has 6 heteroatoms. The molecule has 2 aliphatic rings. The first-order chi connectivity index (χ1) is 21.6. The van der Waals surface area contributed by atoms with Gasteiger partial charge in [-0.1, -0.05) is 38.6 Å². The Morgan fingerprint density at radius 2 is 2.07 bits per heavy atom. The van der Waals surface area contributed by atoms with Gasteiger partial charge in [0, 0.05) is 67.9 Å². The largest absolute Gasteiger partial charge is 0.375 e. The van der Waals surface area contributed by atoms with E-state index in [4.69, 9.17) is 21.1 Å². The fourth-order valence-electron chi connectivity index (χ4n) is 7.00. The van der Waals surface area contributed by atoms with Gasteiger partial charge < -0.3 is 14.6 Å². The van der Waals surface area contributed by atoms with Crippen LogP contribution in [-0.2, 0) is 4.74 Å². The molecule has 4 rings (SSSR count). The molecule has 1 saturated heterocycles. The third-order valence-corrected chi connectivity index (χ3v) is 9.59. The van der Waals surface area contributed by atoms with Crippen LogP contribution in [-0.4, -0.2) is 42.4 Å². The minimum Gasteiger partial charge on any atom is -0.375 e. The SMILES string of the molecule is C#CCCC(C)(C)CC1c2cc(/C(=C/C)N=C(C)CCC(=C)N3CCCCN3)ccc2N(CC)C1c1cccnc1C(C)OC. The lowest BCUT2D eigenvalue weighted by atomic mass is 9.74. The number of nitrogens with zero attached hydrogens (tertiary/aromatic N) is 4. The highest BCUT2D eigenvalue weighted by Crippen LogP contribution is 2.55. The Bertz CT molecular complexity index is 1410. The average Bonchev–Trinajstić information content (AvgIpc) is 3.36. The van der Waals surface area contributed by atoms with E-state index in [0.29, 0.717) is 0 Å². The number of hydrogen-bond donors (Lipinski definition) is 1. The normalized spacial score (nSPS) is 19.8. The van der Waals surface area contributed by atoms with Crippen LogP contribution in [0, 0.1) is 17.8 Å². The summed E-state index contributed by atoms with van der Waals surface area (Å²) in [5.74, 6) is 3.14. The minimum atomic E-state index is -0.0944. The molecule has 1 aromatic carbocycles. The molecule has 3 heterocycles. The van der Waals surface area contributed by atoms with Gasteiger partial charge >= 0.3 is 0 Å². The van der Waals surface area contributed by atoms with Crippen molar-refractivity contribution in [1.82, 2.24) is 15.4 Å². The molecule has 3 atom stereocenters. The predicted molar refractivity (Wildman–Crippen MR) is 190 cm³/mol. The van der Waals surface area contributed by atoms with Crippen LogP contribution < -0.4 is 10.3 Å². The molecule has 242 valence electrons. The summed E-state index contributed by atoms with van der Waals surface area (Å²) in [5, 5.41) is 2.22. The number of aliphatic imine (C=N–C) groups is 1. The van der Waals surface area contributed by atoms with E-state index >= 15 is 0 Å². The van der Waals surface area contributed by atoms with E-state index in [1.807, 2.05) is 6.20 Å². The van der Waals surface area contributed by atoms with Crippen molar-refractivity contribution >= 4 is 17.1 Å². The Morgan fingerprint density at radius 1 is 1.27 bits per heavy atom. The monoisotopic (exact) mass is 609 g/mol. The Kier molecular flexibility index (Phi) is 12.1. The molecule has 0 radical (unpaired) electrons. The van der Waals surface area contributed by atoms with Crippen LogP contribution in [0.3, 0.4) is 0 Å². The van der Waals surface area contributed by atoms with Crippen molar-refractivity contribution in [1.29, 1.82) is 0 Å². The molecule has 1 aromatic heterocycles. The highest BCUT2D eigenvalue weighted by molar-refractivity contribution is 5.88. The Balaban J connectivity index is 1.69. The van der Waals surface area contributed by atoms with Gasteiger partial charge in [0.15, 0.2) is 0 Å². The van der Waals surface area contributed by atoms with Gasteiger partial charge in [0.25, 0.3) is 0 Å². The van der Waals surface area contributed by atoms with Crippen molar-refractivity contribution in [2.24, 2.45) is 10.4 Å². The van der Waals surface area contributed by atoms with Crippen molar-refractivity contribution in [3.05, 3.63) is 77.3 Å². The van der Waals surface area contributed by atoms with E-state index in [1.165, 1.54) is 29.7 Å². The van der Waals surface area contributed by atoms with E-state index < -0.39 is 0 Å². The average molecular weight is 610 g/mol. The molecule has 2 aromatic rings. The first-order valence-corrected chi connectivity index (χ1v) is 16.8. The number of methoxy groups -OCH3 is 1. The number of fused-ring (bicyclic) bond motifs is 1. The Labute approximate surface area is 273 Å². The number of aromatic nitrogens is 1. The number of hydrazine groups is 1. The first-order valence-electron chi connectivity index (χ1n) is 16.8. The van der Waals surface area contributed by atoms with Crippen LogP contribution in [0.1, 0.15) is 127 Å². The maximum absolute atomic E-state index is 5.81. The van der Waals surface area contributed by atoms with E-state index in [1.54, 1.807) is 7.11 Å². The molecule has 0 bridgehead atoms. The lowest BCUT2D eigenvalue weighted by molar-refractivity contribution is 0.114. The van der Waals surface area contributed by atoms with E-state index in [0.717, 1.165) is 80.1 Å². The molecule has 6 nitrogen and oxygen atoms in total. The molecular formula is C39H55N5O. The zero-order chi connectivity index (χ0) is 32.6. The quantitative estimate of drug-likeness (QED) is 0.171. The fourth-order valence-corrected chi connectivity index (χ4v) is 7.00. The fraction of sp³-hybridized carbons (Fsp3) is 0.538. The second-order valence-corrected chi connectivity index (χ2v) is 13.4. The standard InChI is InChI=1S/C39H55N5O/c1-10-13-22-39(7,8)27-34-33-26-31(35(11-2)42-28(4)18-19-29(5)44-25-15-14-24-41-44)20-21-36(33)43(12-3)38(34)32-17-16-23-40-37(32)30(6)45-9/h1,11,16-17,20-21,23,26,30,34,38,41H,5,12-15,18-19,22,24-25,27H2,2-4,6-9H3/b35-11-,42-28?. The Morgan fingerprint density at radius 3 is 2.73 bits per heavy atom. The number of benzene rings is 1. The summed E-state index contributed by atoms with van der Waals surface area (Å²) < 4.78 is 5.81. The van der Waals surface area contributed by atoms with Crippen molar-refractivity contribution in [3.8, 4) is 12.3 Å². The van der Waals surface area contributed by atoms with Crippen molar-refractivity contribution in [2.45, 2.75) is 105 Å². The van der Waals surface area contributed by atoms with Gasteiger partial charge in [0.1, 0.15) is 0 Å². The number of pyridine rings is 1. The molecule has 0 amide bonds. The number of hydrogen-bond acceptors (Lipinski definition) is 6. The zero-order valence-corrected chi connectivity index (χ0v) is 28.8. The molecule has 0 spiro atoms. The second kappa shape index (κ2) is 15.7. The maximum atomic E-state index is 5.81. The number of ether oxygens (including phenoxy) is 1. The summed E-state index contributed by atoms with van der Waals surface area (Å²) >= 11 is 0. The molecule has 3 unspecified atom stereocenters. The summed E-state index contributed by atoms with van der Waals surface area (Å²) in [6.45, 7) is 20.6. The van der Waals surface area contributed by atoms with Crippen LogP contribution in [0.15, 0.2) is 59.9 Å². The third kappa shape index (κ3) is 8.26. The van der Waals surface area contributed by atoms with E-state index in [2.05, 4.69) is 106 Å². The molecule has 1 N–H and O–H groups in total. The topological polar surface area (TPSA) is 53.0 Å². The first kappa shape index (κ1) is 34.5. The van der Waals surface area contributed by atoms with Gasteiger partial charge in [-0.15, -0.1) is 12.3 Å². The molecular weight excluding hydrogens is 554 g/mol. The lowest BCUT2D eigenvalue weighted by Crippen LogP contribution is -2.42. The maximum Gasteiger partial charge on any atom is 0.0966 e. The van der Waals surface area contributed by atoms with E-state index in [9.17, 15) is 0 Å². The Hall–Kier alpha value is -3.40. The summed E-state index contributed by atoms with van der Waals surface area (Å²) in [5.41, 5.74) is 12.9. The van der Waals surface area contributed by atoms with Crippen LogP contribution in [0.2, 0.25) is 0 Å². The summed E-state index contributed by atoms with van der Waals surface area (Å²) in [4.78, 5) is 12.6. The smallest absolute Gasteiger partial charge is 0.0966 e. The molecule has 45 heavy (non-hydrogen) atoms. The molecule has 2 aliphatic heterocycles. The number of terminal acetylenes is 1. The summed E-state index contributed by atoms with van der Waals surface area (Å²) in [6.07, 6.45) is 16.7. The van der Waals surface area contributed by atoms with Gasteiger partial charge in [0.05, 0.1) is 23.5 Å². The van der Waals surface area contributed by atoms with Crippen LogP contribution in [0.4, 0.5) is 5.69 Å². The third-order valence-electron chi connectivity index (χ3n) is 9.59. The predicted octanol–water partition coefficient (Wildman–Crippen LogP) is 9.00. The number of anilines is 1. The highest BCUT2D eigenvalue weighted by atomic mass is 16.5. The van der Waals surface area contributed by atoms with E-state index in [-0.39, 0.29) is 23.5 Å².